The highest BCUT2D eigenvalue weighted by Crippen LogP contribution is 1.97. The number of nitrogens with zero attached hydrogens (tertiary/aromatic N) is 1. The van der Waals surface area contributed by atoms with Gasteiger partial charge in [-0.25, -0.2) is 4.72 Å². The Bertz CT molecular complexity index is 243. The predicted octanol–water partition coefficient (Wildman–Crippen LogP) is -0.828. The summed E-state index contributed by atoms with van der Waals surface area (Å²) in [6.07, 6.45) is 0.733. The van der Waals surface area contributed by atoms with Crippen molar-refractivity contribution >= 4 is 10.2 Å². The van der Waals surface area contributed by atoms with Gasteiger partial charge in [0.15, 0.2) is 0 Å². The average molecular weight is 240 g/mol. The van der Waals surface area contributed by atoms with E-state index in [0.29, 0.717) is 13.2 Å². The molecule has 0 aromatic heterocycles. The highest BCUT2D eigenvalue weighted by molar-refractivity contribution is 7.87. The number of aliphatic hydroxyl groups is 1. The second-order valence-electron chi connectivity index (χ2n) is 3.01. The van der Waals surface area contributed by atoms with E-state index in [1.165, 1.54) is 11.4 Å². The molecule has 0 atom stereocenters. The summed E-state index contributed by atoms with van der Waals surface area (Å²) >= 11 is 0. The SMILES string of the molecule is CCCNS(=O)(=O)N(CCO)CCOC. The quantitative estimate of drug-likeness (QED) is 0.551. The van der Waals surface area contributed by atoms with Crippen LogP contribution >= 0.6 is 0 Å². The number of nitrogens with one attached hydrogen (secondary N) is 1. The van der Waals surface area contributed by atoms with Gasteiger partial charge in [-0.1, -0.05) is 6.92 Å². The van der Waals surface area contributed by atoms with Crippen molar-refractivity contribution in [3.63, 3.8) is 0 Å². The lowest BCUT2D eigenvalue weighted by Crippen LogP contribution is -2.43. The van der Waals surface area contributed by atoms with E-state index in [9.17, 15) is 8.42 Å². The topological polar surface area (TPSA) is 78.9 Å². The summed E-state index contributed by atoms with van der Waals surface area (Å²) in [7, 11) is -1.97. The van der Waals surface area contributed by atoms with Gasteiger partial charge in [-0.05, 0) is 6.42 Å². The molecule has 6 nitrogen and oxygen atoms in total. The minimum absolute atomic E-state index is 0.0857. The monoisotopic (exact) mass is 240 g/mol. The Morgan fingerprint density at radius 2 is 2.07 bits per heavy atom. The lowest BCUT2D eigenvalue weighted by Gasteiger charge is -2.20. The van der Waals surface area contributed by atoms with Crippen LogP contribution in [0.2, 0.25) is 0 Å². The zero-order valence-electron chi connectivity index (χ0n) is 9.27. The molecule has 15 heavy (non-hydrogen) atoms. The maximum Gasteiger partial charge on any atom is 0.279 e. The van der Waals surface area contributed by atoms with Gasteiger partial charge in [0.2, 0.25) is 0 Å². The number of rotatable bonds is 9. The van der Waals surface area contributed by atoms with Crippen molar-refractivity contribution < 1.29 is 18.3 Å². The van der Waals surface area contributed by atoms with E-state index in [-0.39, 0.29) is 19.7 Å². The fourth-order valence-corrected chi connectivity index (χ4v) is 2.26. The van der Waals surface area contributed by atoms with Gasteiger partial charge in [0.05, 0.1) is 13.2 Å². The Morgan fingerprint density at radius 1 is 1.40 bits per heavy atom. The molecule has 0 aliphatic rings. The number of hydrogen-bond acceptors (Lipinski definition) is 4. The van der Waals surface area contributed by atoms with E-state index in [2.05, 4.69) is 4.72 Å². The van der Waals surface area contributed by atoms with Crippen molar-refractivity contribution in [2.75, 3.05) is 40.0 Å². The maximum atomic E-state index is 11.6. The zero-order chi connectivity index (χ0) is 11.7. The smallest absolute Gasteiger partial charge is 0.279 e. The first kappa shape index (κ1) is 14.8. The molecule has 7 heteroatoms. The van der Waals surface area contributed by atoms with Gasteiger partial charge < -0.3 is 9.84 Å². The molecule has 0 amide bonds. The van der Waals surface area contributed by atoms with Crippen LogP contribution in [-0.2, 0) is 14.9 Å². The number of aliphatic hydroxyl groups excluding tert-OH is 1. The molecule has 0 radical (unpaired) electrons. The summed E-state index contributed by atoms with van der Waals surface area (Å²) in [5.41, 5.74) is 0. The second kappa shape index (κ2) is 8.00. The molecule has 0 unspecified atom stereocenters. The predicted molar refractivity (Wildman–Crippen MR) is 57.7 cm³/mol. The highest BCUT2D eigenvalue weighted by Gasteiger charge is 2.19. The summed E-state index contributed by atoms with van der Waals surface area (Å²) < 4.78 is 31.7. The van der Waals surface area contributed by atoms with Crippen molar-refractivity contribution in [2.45, 2.75) is 13.3 Å². The van der Waals surface area contributed by atoms with Crippen LogP contribution in [0.1, 0.15) is 13.3 Å². The average Bonchev–Trinajstić information content (AvgIpc) is 2.21. The Labute approximate surface area is 91.4 Å². The lowest BCUT2D eigenvalue weighted by atomic mass is 10.5. The molecule has 0 spiro atoms. The fraction of sp³-hybridized carbons (Fsp3) is 1.00. The van der Waals surface area contributed by atoms with E-state index in [4.69, 9.17) is 9.84 Å². The zero-order valence-corrected chi connectivity index (χ0v) is 10.1. The largest absolute Gasteiger partial charge is 0.395 e. The van der Waals surface area contributed by atoms with Gasteiger partial charge >= 0.3 is 0 Å². The Balaban J connectivity index is 4.30. The highest BCUT2D eigenvalue weighted by atomic mass is 32.2. The van der Waals surface area contributed by atoms with E-state index in [1.54, 1.807) is 0 Å². The van der Waals surface area contributed by atoms with Crippen molar-refractivity contribution in [2.24, 2.45) is 0 Å². The van der Waals surface area contributed by atoms with Crippen LogP contribution in [0.15, 0.2) is 0 Å². The molecule has 0 saturated carbocycles. The first-order valence-corrected chi connectivity index (χ1v) is 6.37. The first-order valence-electron chi connectivity index (χ1n) is 4.93. The molecular weight excluding hydrogens is 220 g/mol. The summed E-state index contributed by atoms with van der Waals surface area (Å²) in [6.45, 7) is 2.73. The number of ether oxygens (including phenoxy) is 1. The standard InChI is InChI=1S/C8H20N2O4S/c1-3-4-9-15(12,13)10(5-7-11)6-8-14-2/h9,11H,3-8H2,1-2H3. The van der Waals surface area contributed by atoms with Crippen LogP contribution in [0, 0.1) is 0 Å². The Hall–Kier alpha value is -0.210. The third-order valence-corrected chi connectivity index (χ3v) is 3.38. The summed E-state index contributed by atoms with van der Waals surface area (Å²) in [4.78, 5) is 0. The second-order valence-corrected chi connectivity index (χ2v) is 4.77. The first-order chi connectivity index (χ1) is 7.08. The van der Waals surface area contributed by atoms with Crippen LogP contribution < -0.4 is 4.72 Å². The van der Waals surface area contributed by atoms with E-state index < -0.39 is 10.2 Å². The molecule has 0 rings (SSSR count). The third kappa shape index (κ3) is 6.06. The summed E-state index contributed by atoms with van der Waals surface area (Å²) in [6, 6.07) is 0. The van der Waals surface area contributed by atoms with E-state index in [0.717, 1.165) is 6.42 Å². The minimum Gasteiger partial charge on any atom is -0.395 e. The van der Waals surface area contributed by atoms with Crippen LogP contribution in [0.5, 0.6) is 0 Å². The van der Waals surface area contributed by atoms with Gasteiger partial charge in [-0.3, -0.25) is 0 Å². The van der Waals surface area contributed by atoms with Gasteiger partial charge in [-0.15, -0.1) is 0 Å². The van der Waals surface area contributed by atoms with Crippen LogP contribution in [0.3, 0.4) is 0 Å². The molecule has 0 bridgehead atoms. The minimum atomic E-state index is -3.48. The van der Waals surface area contributed by atoms with Crippen LogP contribution in [0.25, 0.3) is 0 Å². The van der Waals surface area contributed by atoms with Crippen LogP contribution in [0.4, 0.5) is 0 Å². The Kier molecular flexibility index (Phi) is 7.89. The van der Waals surface area contributed by atoms with Crippen molar-refractivity contribution in [1.29, 1.82) is 0 Å². The molecule has 0 saturated heterocycles. The molecule has 0 aromatic rings. The van der Waals surface area contributed by atoms with Crippen molar-refractivity contribution in [3.8, 4) is 0 Å². The number of methoxy groups -OCH3 is 1. The normalized spacial score (nSPS) is 12.3. The molecule has 0 fully saturated rings. The van der Waals surface area contributed by atoms with Crippen molar-refractivity contribution in [1.82, 2.24) is 9.03 Å². The molecule has 92 valence electrons. The van der Waals surface area contributed by atoms with Crippen molar-refractivity contribution in [3.05, 3.63) is 0 Å². The van der Waals surface area contributed by atoms with Gasteiger partial charge in [0, 0.05) is 26.7 Å². The molecule has 0 aliphatic heterocycles. The summed E-state index contributed by atoms with van der Waals surface area (Å²) in [5, 5.41) is 8.75. The van der Waals surface area contributed by atoms with Gasteiger partial charge in [-0.2, -0.15) is 12.7 Å². The molecular formula is C8H20N2O4S. The summed E-state index contributed by atoms with van der Waals surface area (Å²) in [5.74, 6) is 0. The third-order valence-electron chi connectivity index (χ3n) is 1.77. The molecule has 0 heterocycles. The lowest BCUT2D eigenvalue weighted by molar-refractivity contribution is 0.168. The van der Waals surface area contributed by atoms with Crippen LogP contribution in [-0.4, -0.2) is 57.8 Å². The fourth-order valence-electron chi connectivity index (χ4n) is 0.979. The molecule has 0 aromatic carbocycles. The maximum absolute atomic E-state index is 11.6. The van der Waals surface area contributed by atoms with E-state index >= 15 is 0 Å². The van der Waals surface area contributed by atoms with Gasteiger partial charge in [0.25, 0.3) is 10.2 Å². The Morgan fingerprint density at radius 3 is 2.53 bits per heavy atom. The van der Waals surface area contributed by atoms with E-state index in [1.807, 2.05) is 6.92 Å². The molecule has 2 N–H and O–H groups in total. The molecule has 0 aliphatic carbocycles. The number of hydrogen-bond donors (Lipinski definition) is 2. The van der Waals surface area contributed by atoms with Gasteiger partial charge in [0.1, 0.15) is 0 Å².